The molecule has 2 aliphatic carbocycles. The van der Waals surface area contributed by atoms with Gasteiger partial charge in [-0.2, -0.15) is 0 Å². The predicted octanol–water partition coefficient (Wildman–Crippen LogP) is 5.34. The third-order valence-electron chi connectivity index (χ3n) is 7.86. The molecule has 0 aromatic heterocycles. The van der Waals surface area contributed by atoms with E-state index in [1.54, 1.807) is 0 Å². The molecular formula is C30H40N2O3. The highest BCUT2D eigenvalue weighted by atomic mass is 16.5. The van der Waals surface area contributed by atoms with E-state index in [2.05, 4.69) is 28.8 Å². The maximum atomic E-state index is 12.8. The minimum atomic E-state index is -0.00616. The van der Waals surface area contributed by atoms with Crippen molar-refractivity contribution in [2.75, 3.05) is 13.2 Å². The summed E-state index contributed by atoms with van der Waals surface area (Å²) >= 11 is 0. The van der Waals surface area contributed by atoms with E-state index in [4.69, 9.17) is 9.47 Å². The molecule has 5 rings (SSSR count). The minimum absolute atomic E-state index is 0.00616. The summed E-state index contributed by atoms with van der Waals surface area (Å²) in [6, 6.07) is 15.2. The molecule has 0 bridgehead atoms. The molecule has 1 heterocycles. The van der Waals surface area contributed by atoms with Gasteiger partial charge in [-0.15, -0.1) is 0 Å². The first-order valence-electron chi connectivity index (χ1n) is 13.7. The molecule has 0 unspecified atom stereocenters. The van der Waals surface area contributed by atoms with E-state index in [1.165, 1.54) is 55.2 Å². The highest BCUT2D eigenvalue weighted by Gasteiger charge is 2.22. The number of rotatable bonds is 8. The Morgan fingerprint density at radius 1 is 0.886 bits per heavy atom. The molecule has 5 heteroatoms. The molecule has 1 aliphatic heterocycles. The number of nitrogens with one attached hydrogen (secondary N) is 2. The van der Waals surface area contributed by atoms with Gasteiger partial charge in [0.2, 0.25) is 0 Å². The third kappa shape index (κ3) is 6.86. The zero-order valence-corrected chi connectivity index (χ0v) is 20.9. The Balaban J connectivity index is 1.09. The van der Waals surface area contributed by atoms with E-state index in [0.717, 1.165) is 51.0 Å². The molecule has 2 fully saturated rings. The molecule has 188 valence electrons. The van der Waals surface area contributed by atoms with Gasteiger partial charge >= 0.3 is 0 Å². The average molecular weight is 477 g/mol. The third-order valence-corrected chi connectivity index (χ3v) is 7.86. The van der Waals surface area contributed by atoms with Crippen molar-refractivity contribution in [2.45, 2.75) is 95.4 Å². The van der Waals surface area contributed by atoms with Crippen molar-refractivity contribution in [1.29, 1.82) is 0 Å². The average Bonchev–Trinajstić information content (AvgIpc) is 3.28. The SMILES string of the molecule is O=C(N[C@H]1CCc2cc(CNC3CCCCCC3)ccc2C1)c1ccc(OC[C@@H]2CCCO2)cc1. The van der Waals surface area contributed by atoms with Crippen LogP contribution in [0.1, 0.15) is 84.8 Å². The number of carbonyl (C=O) groups is 1. The van der Waals surface area contributed by atoms with Crippen LogP contribution < -0.4 is 15.4 Å². The number of benzene rings is 2. The van der Waals surface area contributed by atoms with Crippen LogP contribution in [0.2, 0.25) is 0 Å². The second-order valence-corrected chi connectivity index (χ2v) is 10.6. The van der Waals surface area contributed by atoms with E-state index < -0.39 is 0 Å². The van der Waals surface area contributed by atoms with Crippen LogP contribution in [-0.4, -0.2) is 37.3 Å². The highest BCUT2D eigenvalue weighted by molar-refractivity contribution is 5.94. The van der Waals surface area contributed by atoms with Crippen LogP contribution in [0.3, 0.4) is 0 Å². The standard InChI is InChI=1S/C30H40N2O3/c33-30(23-12-15-28(16-13-23)35-21-29-8-5-17-34-29)32-27-14-11-24-18-22(9-10-25(24)19-27)20-31-26-6-3-1-2-4-7-26/h9-10,12-13,15-16,18,26-27,29,31H,1-8,11,14,17,19-21H2,(H,32,33)/t27-,29-/m0/s1. The van der Waals surface area contributed by atoms with Crippen LogP contribution >= 0.6 is 0 Å². The van der Waals surface area contributed by atoms with Gasteiger partial charge in [0.15, 0.2) is 0 Å². The molecule has 1 amide bonds. The van der Waals surface area contributed by atoms with Crippen molar-refractivity contribution < 1.29 is 14.3 Å². The maximum absolute atomic E-state index is 12.8. The zero-order valence-electron chi connectivity index (χ0n) is 20.9. The molecule has 1 saturated carbocycles. The number of aryl methyl sites for hydroxylation is 1. The number of ether oxygens (including phenoxy) is 2. The summed E-state index contributed by atoms with van der Waals surface area (Å²) < 4.78 is 11.4. The van der Waals surface area contributed by atoms with E-state index >= 15 is 0 Å². The summed E-state index contributed by atoms with van der Waals surface area (Å²) in [7, 11) is 0. The maximum Gasteiger partial charge on any atom is 0.251 e. The van der Waals surface area contributed by atoms with Crippen LogP contribution in [0, 0.1) is 0 Å². The van der Waals surface area contributed by atoms with Gasteiger partial charge < -0.3 is 20.1 Å². The van der Waals surface area contributed by atoms with Crippen molar-refractivity contribution in [2.24, 2.45) is 0 Å². The smallest absolute Gasteiger partial charge is 0.251 e. The largest absolute Gasteiger partial charge is 0.491 e. The number of amides is 1. The lowest BCUT2D eigenvalue weighted by molar-refractivity contribution is 0.0679. The summed E-state index contributed by atoms with van der Waals surface area (Å²) in [6.45, 7) is 2.37. The fraction of sp³-hybridized carbons (Fsp3) is 0.567. The zero-order chi connectivity index (χ0) is 23.9. The normalized spacial score (nSPS) is 22.9. The molecule has 2 atom stereocenters. The van der Waals surface area contributed by atoms with E-state index in [-0.39, 0.29) is 18.1 Å². The molecule has 5 nitrogen and oxygen atoms in total. The summed E-state index contributed by atoms with van der Waals surface area (Å²) in [5.74, 6) is 0.779. The first kappa shape index (κ1) is 24.3. The van der Waals surface area contributed by atoms with Gasteiger partial charge in [0, 0.05) is 30.8 Å². The Hall–Kier alpha value is -2.37. The first-order chi connectivity index (χ1) is 17.2. The number of carbonyl (C=O) groups excluding carboxylic acids is 1. The van der Waals surface area contributed by atoms with Gasteiger partial charge in [-0.3, -0.25) is 4.79 Å². The van der Waals surface area contributed by atoms with Crippen molar-refractivity contribution in [1.82, 2.24) is 10.6 Å². The second kappa shape index (κ2) is 12.0. The molecule has 2 aromatic carbocycles. The van der Waals surface area contributed by atoms with Crippen molar-refractivity contribution in [3.8, 4) is 5.75 Å². The summed E-state index contributed by atoms with van der Waals surface area (Å²) in [4.78, 5) is 12.8. The first-order valence-corrected chi connectivity index (χ1v) is 13.7. The van der Waals surface area contributed by atoms with Gasteiger partial charge in [-0.05, 0) is 85.9 Å². The topological polar surface area (TPSA) is 59.6 Å². The van der Waals surface area contributed by atoms with Gasteiger partial charge in [-0.25, -0.2) is 0 Å². The monoisotopic (exact) mass is 476 g/mol. The minimum Gasteiger partial charge on any atom is -0.491 e. The fourth-order valence-electron chi connectivity index (χ4n) is 5.72. The lowest BCUT2D eigenvalue weighted by Gasteiger charge is -2.26. The summed E-state index contributed by atoms with van der Waals surface area (Å²) in [5, 5.41) is 7.04. The van der Waals surface area contributed by atoms with Gasteiger partial charge in [-0.1, -0.05) is 43.9 Å². The number of hydrogen-bond donors (Lipinski definition) is 2. The molecule has 3 aliphatic rings. The van der Waals surface area contributed by atoms with E-state index in [9.17, 15) is 4.79 Å². The summed E-state index contributed by atoms with van der Waals surface area (Å²) in [6.07, 6.45) is 13.4. The number of hydrogen-bond acceptors (Lipinski definition) is 4. The van der Waals surface area contributed by atoms with Crippen LogP contribution in [-0.2, 0) is 24.1 Å². The second-order valence-electron chi connectivity index (χ2n) is 10.6. The number of fused-ring (bicyclic) bond motifs is 1. The van der Waals surface area contributed by atoms with Gasteiger partial charge in [0.05, 0.1) is 6.10 Å². The Bertz CT molecular complexity index is 960. The lowest BCUT2D eigenvalue weighted by Crippen LogP contribution is -2.38. The molecule has 0 spiro atoms. The van der Waals surface area contributed by atoms with Crippen LogP contribution in [0.25, 0.3) is 0 Å². The molecule has 35 heavy (non-hydrogen) atoms. The van der Waals surface area contributed by atoms with Crippen molar-refractivity contribution in [3.05, 3.63) is 64.7 Å². The van der Waals surface area contributed by atoms with Crippen molar-refractivity contribution >= 4 is 5.91 Å². The van der Waals surface area contributed by atoms with Crippen LogP contribution in [0.4, 0.5) is 0 Å². The van der Waals surface area contributed by atoms with Crippen LogP contribution in [0.5, 0.6) is 5.75 Å². The van der Waals surface area contributed by atoms with Crippen LogP contribution in [0.15, 0.2) is 42.5 Å². The van der Waals surface area contributed by atoms with Gasteiger partial charge in [0.1, 0.15) is 12.4 Å². The molecule has 2 N–H and O–H groups in total. The van der Waals surface area contributed by atoms with Gasteiger partial charge in [0.25, 0.3) is 5.91 Å². The molecule has 0 radical (unpaired) electrons. The summed E-state index contributed by atoms with van der Waals surface area (Å²) in [5.41, 5.74) is 4.89. The molecule has 2 aromatic rings. The Morgan fingerprint density at radius 3 is 2.49 bits per heavy atom. The molecular weight excluding hydrogens is 436 g/mol. The lowest BCUT2D eigenvalue weighted by atomic mass is 9.87. The predicted molar refractivity (Wildman–Crippen MR) is 139 cm³/mol. The highest BCUT2D eigenvalue weighted by Crippen LogP contribution is 2.24. The Morgan fingerprint density at radius 2 is 1.71 bits per heavy atom. The molecule has 1 saturated heterocycles. The quantitative estimate of drug-likeness (QED) is 0.505. The van der Waals surface area contributed by atoms with Crippen molar-refractivity contribution in [3.63, 3.8) is 0 Å². The Labute approximate surface area is 210 Å². The van der Waals surface area contributed by atoms with E-state index in [0.29, 0.717) is 18.2 Å². The van der Waals surface area contributed by atoms with E-state index in [1.807, 2.05) is 24.3 Å². The Kier molecular flexibility index (Phi) is 8.37. The fourth-order valence-corrected chi connectivity index (χ4v) is 5.72.